The lowest BCUT2D eigenvalue weighted by Crippen LogP contribution is -2.05. The summed E-state index contributed by atoms with van der Waals surface area (Å²) in [7, 11) is 1.06. The summed E-state index contributed by atoms with van der Waals surface area (Å²) in [5.41, 5.74) is 4.99. The molecule has 2 nitrogen and oxygen atoms in total. The molecule has 13 heavy (non-hydrogen) atoms. The second kappa shape index (κ2) is 3.66. The zero-order valence-electron chi connectivity index (χ0n) is 6.90. The van der Waals surface area contributed by atoms with Gasteiger partial charge in [0.25, 0.3) is 0 Å². The smallest absolute Gasteiger partial charge is 0.203 e. The summed E-state index contributed by atoms with van der Waals surface area (Å²) in [6.45, 7) is -0.209. The Kier molecular flexibility index (Phi) is 2.77. The molecule has 1 aromatic rings. The van der Waals surface area contributed by atoms with Gasteiger partial charge in [0.1, 0.15) is 0 Å². The minimum Gasteiger partial charge on any atom is -0.491 e. The van der Waals surface area contributed by atoms with E-state index in [9.17, 15) is 13.2 Å². The Bertz CT molecular complexity index is 328. The SMILES string of the molecule is COc1c(F)c(F)cc(CN)c1F. The fourth-order valence-electron chi connectivity index (χ4n) is 0.958. The lowest BCUT2D eigenvalue weighted by molar-refractivity contribution is 0.344. The molecule has 0 aliphatic heterocycles. The second-order valence-electron chi connectivity index (χ2n) is 2.38. The first-order chi connectivity index (χ1) is 6.11. The minimum absolute atomic E-state index is 0.115. The highest BCUT2D eigenvalue weighted by Gasteiger charge is 2.18. The Morgan fingerprint density at radius 2 is 1.92 bits per heavy atom. The normalized spacial score (nSPS) is 10.2. The van der Waals surface area contributed by atoms with Crippen molar-refractivity contribution in [3.63, 3.8) is 0 Å². The van der Waals surface area contributed by atoms with Crippen LogP contribution >= 0.6 is 0 Å². The summed E-state index contributed by atoms with van der Waals surface area (Å²) in [4.78, 5) is 0. The molecular formula is C8H8F3NO. The van der Waals surface area contributed by atoms with Crippen molar-refractivity contribution >= 4 is 0 Å². The van der Waals surface area contributed by atoms with Crippen molar-refractivity contribution < 1.29 is 17.9 Å². The van der Waals surface area contributed by atoms with E-state index in [1.54, 1.807) is 0 Å². The number of nitrogens with two attached hydrogens (primary N) is 1. The van der Waals surface area contributed by atoms with Crippen molar-refractivity contribution in [2.75, 3.05) is 7.11 Å². The van der Waals surface area contributed by atoms with Crippen LogP contribution in [0, 0.1) is 17.5 Å². The number of benzene rings is 1. The molecule has 0 radical (unpaired) electrons. The lowest BCUT2D eigenvalue weighted by atomic mass is 10.2. The van der Waals surface area contributed by atoms with Crippen LogP contribution < -0.4 is 10.5 Å². The fourth-order valence-corrected chi connectivity index (χ4v) is 0.958. The van der Waals surface area contributed by atoms with Crippen molar-refractivity contribution in [3.05, 3.63) is 29.1 Å². The third kappa shape index (κ3) is 1.60. The van der Waals surface area contributed by atoms with Crippen LogP contribution in [0.4, 0.5) is 13.2 Å². The maximum Gasteiger partial charge on any atom is 0.203 e. The van der Waals surface area contributed by atoms with Crippen LogP contribution in [0.5, 0.6) is 5.75 Å². The Morgan fingerprint density at radius 1 is 1.31 bits per heavy atom. The summed E-state index contributed by atoms with van der Waals surface area (Å²) in [5, 5.41) is 0. The van der Waals surface area contributed by atoms with E-state index in [1.807, 2.05) is 0 Å². The molecule has 0 atom stereocenters. The molecule has 0 aromatic heterocycles. The van der Waals surface area contributed by atoms with Gasteiger partial charge in [-0.2, -0.15) is 4.39 Å². The third-order valence-electron chi connectivity index (χ3n) is 1.62. The molecule has 0 saturated carbocycles. The van der Waals surface area contributed by atoms with Crippen LogP contribution in [0.1, 0.15) is 5.56 Å². The average molecular weight is 191 g/mol. The van der Waals surface area contributed by atoms with E-state index >= 15 is 0 Å². The number of hydrogen-bond acceptors (Lipinski definition) is 2. The van der Waals surface area contributed by atoms with Crippen molar-refractivity contribution in [2.45, 2.75) is 6.54 Å². The molecule has 0 unspecified atom stereocenters. The number of hydrogen-bond donors (Lipinski definition) is 1. The molecule has 0 aliphatic rings. The zero-order chi connectivity index (χ0) is 10.0. The van der Waals surface area contributed by atoms with E-state index in [2.05, 4.69) is 4.74 Å². The van der Waals surface area contributed by atoms with Gasteiger partial charge in [0.05, 0.1) is 7.11 Å². The van der Waals surface area contributed by atoms with E-state index in [0.717, 1.165) is 7.11 Å². The largest absolute Gasteiger partial charge is 0.491 e. The minimum atomic E-state index is -1.34. The quantitative estimate of drug-likeness (QED) is 0.720. The van der Waals surface area contributed by atoms with Gasteiger partial charge in [-0.25, -0.2) is 8.78 Å². The lowest BCUT2D eigenvalue weighted by Gasteiger charge is -2.07. The maximum absolute atomic E-state index is 13.1. The average Bonchev–Trinajstić information content (AvgIpc) is 2.12. The molecule has 0 bridgehead atoms. The van der Waals surface area contributed by atoms with Gasteiger partial charge < -0.3 is 10.5 Å². The molecule has 72 valence electrons. The molecule has 0 fully saturated rings. The van der Waals surface area contributed by atoms with Gasteiger partial charge in [-0.05, 0) is 6.07 Å². The summed E-state index contributed by atoms with van der Waals surface area (Å²) < 4.78 is 43.0. The van der Waals surface area contributed by atoms with Gasteiger partial charge in [-0.1, -0.05) is 0 Å². The highest BCUT2D eigenvalue weighted by atomic mass is 19.2. The standard InChI is InChI=1S/C8H8F3NO/c1-13-8-6(10)4(3-12)2-5(9)7(8)11/h2H,3,12H2,1H3. The first kappa shape index (κ1) is 9.85. The summed E-state index contributed by atoms with van der Waals surface area (Å²) in [6.07, 6.45) is 0. The molecule has 0 spiro atoms. The molecule has 0 heterocycles. The number of ether oxygens (including phenoxy) is 1. The number of halogens is 3. The predicted octanol–water partition coefficient (Wildman–Crippen LogP) is 1.57. The second-order valence-corrected chi connectivity index (χ2v) is 2.38. The van der Waals surface area contributed by atoms with E-state index in [4.69, 9.17) is 5.73 Å². The fraction of sp³-hybridized carbons (Fsp3) is 0.250. The topological polar surface area (TPSA) is 35.2 Å². The monoisotopic (exact) mass is 191 g/mol. The van der Waals surface area contributed by atoms with Gasteiger partial charge in [0.15, 0.2) is 17.4 Å². The van der Waals surface area contributed by atoms with Crippen LogP contribution in [0.3, 0.4) is 0 Å². The van der Waals surface area contributed by atoms with Crippen LogP contribution in [-0.4, -0.2) is 7.11 Å². The Labute approximate surface area is 73.1 Å². The molecule has 1 rings (SSSR count). The van der Waals surface area contributed by atoms with Gasteiger partial charge in [0.2, 0.25) is 5.82 Å². The third-order valence-corrected chi connectivity index (χ3v) is 1.62. The maximum atomic E-state index is 13.1. The molecule has 5 heteroatoms. The van der Waals surface area contributed by atoms with E-state index in [1.165, 1.54) is 0 Å². The van der Waals surface area contributed by atoms with E-state index in [0.29, 0.717) is 6.07 Å². The van der Waals surface area contributed by atoms with E-state index in [-0.39, 0.29) is 12.1 Å². The Balaban J connectivity index is 3.39. The zero-order valence-corrected chi connectivity index (χ0v) is 6.90. The van der Waals surface area contributed by atoms with Crippen molar-refractivity contribution in [2.24, 2.45) is 5.73 Å². The van der Waals surface area contributed by atoms with Crippen molar-refractivity contribution in [1.82, 2.24) is 0 Å². The van der Waals surface area contributed by atoms with Crippen LogP contribution in [-0.2, 0) is 6.54 Å². The van der Waals surface area contributed by atoms with Crippen molar-refractivity contribution in [3.8, 4) is 5.75 Å². The molecule has 0 amide bonds. The molecule has 1 aromatic carbocycles. The van der Waals surface area contributed by atoms with Gasteiger partial charge in [0, 0.05) is 12.1 Å². The van der Waals surface area contributed by atoms with E-state index < -0.39 is 23.2 Å². The summed E-state index contributed by atoms with van der Waals surface area (Å²) in [6, 6.07) is 0.715. The van der Waals surface area contributed by atoms with Crippen molar-refractivity contribution in [1.29, 1.82) is 0 Å². The Morgan fingerprint density at radius 3 is 2.38 bits per heavy atom. The predicted molar refractivity (Wildman–Crippen MR) is 40.8 cm³/mol. The molecular weight excluding hydrogens is 183 g/mol. The van der Waals surface area contributed by atoms with Gasteiger partial charge in [-0.15, -0.1) is 0 Å². The summed E-state index contributed by atoms with van der Waals surface area (Å²) >= 11 is 0. The molecule has 0 saturated heterocycles. The molecule has 2 N–H and O–H groups in total. The first-order valence-corrected chi connectivity index (χ1v) is 3.52. The summed E-state index contributed by atoms with van der Waals surface area (Å²) in [5.74, 6) is -4.19. The van der Waals surface area contributed by atoms with Gasteiger partial charge in [-0.3, -0.25) is 0 Å². The number of rotatable bonds is 2. The van der Waals surface area contributed by atoms with Crippen LogP contribution in [0.15, 0.2) is 6.07 Å². The Hall–Kier alpha value is -1.23. The first-order valence-electron chi connectivity index (χ1n) is 3.52. The van der Waals surface area contributed by atoms with Crippen LogP contribution in [0.25, 0.3) is 0 Å². The molecule has 0 aliphatic carbocycles. The highest BCUT2D eigenvalue weighted by molar-refractivity contribution is 5.33. The highest BCUT2D eigenvalue weighted by Crippen LogP contribution is 2.26. The number of methoxy groups -OCH3 is 1. The van der Waals surface area contributed by atoms with Crippen LogP contribution in [0.2, 0.25) is 0 Å². The van der Waals surface area contributed by atoms with Gasteiger partial charge >= 0.3 is 0 Å².